The molecule has 0 aliphatic carbocycles. The maximum absolute atomic E-state index is 9.94. The minimum absolute atomic E-state index is 0.286. The molecule has 0 unspecified atom stereocenters. The molecule has 0 saturated heterocycles. The van der Waals surface area contributed by atoms with E-state index in [9.17, 15) is 4.79 Å². The van der Waals surface area contributed by atoms with Gasteiger partial charge in [-0.25, -0.2) is 9.79 Å². The second-order valence-electron chi connectivity index (χ2n) is 2.33. The number of rotatable bonds is 3. The third-order valence-electron chi connectivity index (χ3n) is 1.60. The summed E-state index contributed by atoms with van der Waals surface area (Å²) in [6, 6.07) is 5.55. The number of hydrogen-bond donors (Lipinski definition) is 0. The molecule has 0 N–H and O–H groups in total. The average Bonchev–Trinajstić information content (AvgIpc) is 2.15. The zero-order valence-electron chi connectivity index (χ0n) is 7.08. The quantitative estimate of drug-likeness (QED) is 0.602. The molecule has 1 aromatic rings. The largest absolute Gasteiger partial charge is 0.496 e. The third-order valence-corrected chi connectivity index (χ3v) is 2.34. The van der Waals surface area contributed by atoms with E-state index in [2.05, 4.69) is 20.9 Å². The highest BCUT2D eigenvalue weighted by Gasteiger charge is 2.05. The Morgan fingerprint density at radius 1 is 1.62 bits per heavy atom. The van der Waals surface area contributed by atoms with E-state index in [1.807, 2.05) is 18.2 Å². The number of benzene rings is 1. The maximum atomic E-state index is 9.94. The van der Waals surface area contributed by atoms with E-state index in [0.29, 0.717) is 5.75 Å². The molecule has 0 radical (unpaired) electrons. The Balaban J connectivity index is 3.06. The van der Waals surface area contributed by atoms with Crippen molar-refractivity contribution in [1.82, 2.24) is 0 Å². The molecule has 4 heteroatoms. The van der Waals surface area contributed by atoms with Crippen LogP contribution in [-0.2, 0) is 11.3 Å². The predicted octanol–water partition coefficient (Wildman–Crippen LogP) is 2.29. The summed E-state index contributed by atoms with van der Waals surface area (Å²) >= 11 is 3.35. The van der Waals surface area contributed by atoms with Gasteiger partial charge in [0.25, 0.3) is 0 Å². The van der Waals surface area contributed by atoms with E-state index in [4.69, 9.17) is 4.74 Å². The van der Waals surface area contributed by atoms with Crippen molar-refractivity contribution in [3.63, 3.8) is 0 Å². The Bertz CT molecular complexity index is 345. The second-order valence-corrected chi connectivity index (χ2v) is 3.18. The highest BCUT2D eigenvalue weighted by Crippen LogP contribution is 2.26. The minimum atomic E-state index is 0.286. The lowest BCUT2D eigenvalue weighted by Gasteiger charge is -2.06. The van der Waals surface area contributed by atoms with Gasteiger partial charge in [0.1, 0.15) is 5.75 Å². The fourth-order valence-electron chi connectivity index (χ4n) is 0.995. The monoisotopic (exact) mass is 241 g/mol. The molecule has 0 atom stereocenters. The topological polar surface area (TPSA) is 38.7 Å². The molecule has 68 valence electrons. The third kappa shape index (κ3) is 2.41. The molecule has 0 heterocycles. The van der Waals surface area contributed by atoms with Gasteiger partial charge in [0.05, 0.1) is 13.7 Å². The van der Waals surface area contributed by atoms with Crippen LogP contribution in [0.4, 0.5) is 0 Å². The van der Waals surface area contributed by atoms with Gasteiger partial charge in [-0.1, -0.05) is 22.0 Å². The first-order chi connectivity index (χ1) is 6.29. The summed E-state index contributed by atoms with van der Waals surface area (Å²) < 4.78 is 5.98. The molecule has 0 bridgehead atoms. The number of aliphatic imine (C=N–C) groups is 1. The van der Waals surface area contributed by atoms with Gasteiger partial charge in [0.2, 0.25) is 6.08 Å². The minimum Gasteiger partial charge on any atom is -0.496 e. The predicted molar refractivity (Wildman–Crippen MR) is 52.5 cm³/mol. The van der Waals surface area contributed by atoms with Crippen LogP contribution in [0.3, 0.4) is 0 Å². The number of halogens is 1. The van der Waals surface area contributed by atoms with Crippen LogP contribution in [0.15, 0.2) is 27.7 Å². The summed E-state index contributed by atoms with van der Waals surface area (Å²) in [6.07, 6.45) is 1.49. The molecule has 0 spiro atoms. The molecule has 0 aromatic heterocycles. The Labute approximate surface area is 84.6 Å². The van der Waals surface area contributed by atoms with Gasteiger partial charge in [-0.05, 0) is 12.1 Å². The number of nitrogens with zero attached hydrogens (tertiary/aromatic N) is 1. The standard InChI is InChI=1S/C9H8BrNO2/c1-13-9-4-2-3-8(10)7(9)5-11-6-12/h2-4H,5H2,1H3. The molecule has 0 aliphatic heterocycles. The van der Waals surface area contributed by atoms with Crippen LogP contribution in [0.5, 0.6) is 5.75 Å². The van der Waals surface area contributed by atoms with E-state index in [1.165, 1.54) is 6.08 Å². The van der Waals surface area contributed by atoms with Gasteiger partial charge in [-0.15, -0.1) is 0 Å². The number of ether oxygens (including phenoxy) is 1. The first-order valence-corrected chi connectivity index (χ1v) is 4.44. The number of carbonyl (C=O) groups excluding carboxylic acids is 1. The fourth-order valence-corrected chi connectivity index (χ4v) is 1.47. The lowest BCUT2D eigenvalue weighted by molar-refractivity contribution is 0.409. The molecule has 1 aromatic carbocycles. The fraction of sp³-hybridized carbons (Fsp3) is 0.222. The molecular formula is C9H8BrNO2. The lowest BCUT2D eigenvalue weighted by atomic mass is 10.2. The van der Waals surface area contributed by atoms with Gasteiger partial charge in [0.15, 0.2) is 0 Å². The van der Waals surface area contributed by atoms with Gasteiger partial charge < -0.3 is 4.74 Å². The van der Waals surface area contributed by atoms with Crippen LogP contribution >= 0.6 is 15.9 Å². The molecule has 3 nitrogen and oxygen atoms in total. The van der Waals surface area contributed by atoms with Gasteiger partial charge >= 0.3 is 0 Å². The van der Waals surface area contributed by atoms with Crippen LogP contribution < -0.4 is 4.74 Å². The molecule has 0 fully saturated rings. The zero-order valence-corrected chi connectivity index (χ0v) is 8.67. The molecular weight excluding hydrogens is 234 g/mol. The van der Waals surface area contributed by atoms with Crippen molar-refractivity contribution < 1.29 is 9.53 Å². The summed E-state index contributed by atoms with van der Waals surface area (Å²) in [5, 5.41) is 0. The van der Waals surface area contributed by atoms with Crippen LogP contribution in [-0.4, -0.2) is 13.2 Å². The van der Waals surface area contributed by atoms with Crippen molar-refractivity contribution in [2.24, 2.45) is 4.99 Å². The summed E-state index contributed by atoms with van der Waals surface area (Å²) in [5.74, 6) is 0.716. The first kappa shape index (κ1) is 9.96. The van der Waals surface area contributed by atoms with Gasteiger partial charge in [-0.2, -0.15) is 0 Å². The SMILES string of the molecule is COc1cccc(Br)c1CN=C=O. The normalized spacial score (nSPS) is 9.08. The van der Waals surface area contributed by atoms with Crippen LogP contribution in [0.1, 0.15) is 5.56 Å². The summed E-state index contributed by atoms with van der Waals surface area (Å²) in [6.45, 7) is 0.286. The molecule has 0 aliphatic rings. The van der Waals surface area contributed by atoms with Gasteiger partial charge in [0, 0.05) is 10.0 Å². The first-order valence-electron chi connectivity index (χ1n) is 3.64. The van der Waals surface area contributed by atoms with E-state index in [-0.39, 0.29) is 6.54 Å². The van der Waals surface area contributed by atoms with Crippen LogP contribution in [0, 0.1) is 0 Å². The van der Waals surface area contributed by atoms with Crippen molar-refractivity contribution in [3.05, 3.63) is 28.2 Å². The number of isocyanates is 1. The molecule has 13 heavy (non-hydrogen) atoms. The molecule has 0 saturated carbocycles. The summed E-state index contributed by atoms with van der Waals surface area (Å²) in [7, 11) is 1.58. The Morgan fingerprint density at radius 2 is 2.38 bits per heavy atom. The second kappa shape index (κ2) is 4.80. The molecule has 0 amide bonds. The Hall–Kier alpha value is -1.12. The zero-order chi connectivity index (χ0) is 9.68. The van der Waals surface area contributed by atoms with E-state index < -0.39 is 0 Å². The number of methoxy groups -OCH3 is 1. The summed E-state index contributed by atoms with van der Waals surface area (Å²) in [4.78, 5) is 13.4. The maximum Gasteiger partial charge on any atom is 0.235 e. The van der Waals surface area contributed by atoms with Crippen molar-refractivity contribution in [2.45, 2.75) is 6.54 Å². The van der Waals surface area contributed by atoms with E-state index >= 15 is 0 Å². The van der Waals surface area contributed by atoms with Crippen LogP contribution in [0.2, 0.25) is 0 Å². The van der Waals surface area contributed by atoms with Crippen molar-refractivity contribution in [3.8, 4) is 5.75 Å². The van der Waals surface area contributed by atoms with Crippen molar-refractivity contribution >= 4 is 22.0 Å². The van der Waals surface area contributed by atoms with Crippen molar-refractivity contribution in [1.29, 1.82) is 0 Å². The number of hydrogen-bond acceptors (Lipinski definition) is 3. The Kier molecular flexibility index (Phi) is 3.68. The average molecular weight is 242 g/mol. The van der Waals surface area contributed by atoms with Gasteiger partial charge in [-0.3, -0.25) is 0 Å². The van der Waals surface area contributed by atoms with E-state index in [0.717, 1.165) is 10.0 Å². The van der Waals surface area contributed by atoms with Crippen LogP contribution in [0.25, 0.3) is 0 Å². The van der Waals surface area contributed by atoms with Crippen molar-refractivity contribution in [2.75, 3.05) is 7.11 Å². The molecule has 1 rings (SSSR count). The van der Waals surface area contributed by atoms with E-state index in [1.54, 1.807) is 7.11 Å². The summed E-state index contributed by atoms with van der Waals surface area (Å²) in [5.41, 5.74) is 0.855. The highest BCUT2D eigenvalue weighted by molar-refractivity contribution is 9.10. The smallest absolute Gasteiger partial charge is 0.235 e. The Morgan fingerprint density at radius 3 is 3.00 bits per heavy atom. The highest BCUT2D eigenvalue weighted by atomic mass is 79.9. The lowest BCUT2D eigenvalue weighted by Crippen LogP contribution is -1.91.